The first-order valence-electron chi connectivity index (χ1n) is 18.6. The lowest BCUT2D eigenvalue weighted by molar-refractivity contribution is -0.138. The summed E-state index contributed by atoms with van der Waals surface area (Å²) in [6.07, 6.45) is -7.85. The lowest BCUT2D eigenvalue weighted by Gasteiger charge is -2.19. The van der Waals surface area contributed by atoms with Gasteiger partial charge in [0.05, 0.1) is 43.7 Å². The Labute approximate surface area is 359 Å². The second-order valence-electron chi connectivity index (χ2n) is 13.0. The number of nitrogens with two attached hydrogens (primary N) is 4. The molecule has 0 atom stereocenters. The van der Waals surface area contributed by atoms with Gasteiger partial charge in [-0.25, -0.2) is 9.97 Å². The van der Waals surface area contributed by atoms with Crippen molar-refractivity contribution >= 4 is 81.8 Å². The molecule has 0 spiro atoms. The highest BCUT2D eigenvalue weighted by molar-refractivity contribution is 7.99. The van der Waals surface area contributed by atoms with E-state index in [4.69, 9.17) is 33.8 Å². The molecule has 0 aliphatic carbocycles. The summed E-state index contributed by atoms with van der Waals surface area (Å²) in [6.45, 7) is 0.704. The number of hydrogen-bond donors (Lipinski definition) is 12. The van der Waals surface area contributed by atoms with Crippen molar-refractivity contribution in [2.24, 2.45) is 22.9 Å². The largest absolute Gasteiger partial charge is 0.416 e. The third-order valence-electron chi connectivity index (χ3n) is 8.03. The Morgan fingerprint density at radius 3 is 1.26 bits per heavy atom. The van der Waals surface area contributed by atoms with Crippen LogP contribution in [-0.2, 0) is 21.9 Å². The van der Waals surface area contributed by atoms with Gasteiger partial charge in [-0.3, -0.25) is 30.0 Å². The minimum atomic E-state index is -4.93. The summed E-state index contributed by atoms with van der Waals surface area (Å²) in [6, 6.07) is 3.56. The molecule has 62 heavy (non-hydrogen) atoms. The van der Waals surface area contributed by atoms with Gasteiger partial charge in [-0.05, 0) is 49.9 Å². The number of carbonyl (C=O) groups is 4. The van der Waals surface area contributed by atoms with Crippen molar-refractivity contribution in [3.8, 4) is 0 Å². The normalized spacial score (nSPS) is 11.4. The van der Waals surface area contributed by atoms with E-state index in [1.807, 2.05) is 0 Å². The van der Waals surface area contributed by atoms with Gasteiger partial charge in [-0.2, -0.15) is 26.3 Å². The zero-order valence-electron chi connectivity index (χ0n) is 32.9. The molecule has 26 heteroatoms. The first-order chi connectivity index (χ1) is 29.2. The van der Waals surface area contributed by atoms with Gasteiger partial charge < -0.3 is 54.8 Å². The molecule has 18 nitrogen and oxygen atoms in total. The standard InChI is InChI=1S/C36H46F6N14O4S2/c37-35(38,39)19-13-21(53-27(57)5-1-3-9-49-33(45)46)29(61-11-7-43)23(15-19)55-31(59)25-17-26(52-18-51-25)32(60)56-24-16-20(36(40,41)42)14-22(30(24)62-12-8-44)54-28(58)6-2-4-10-50-34(47)48/h13-18H,1-12,43-44H2,(H,53,57)(H,54,58)(H,55,59)(H,56,60)(H4,45,46,49)(H4,47,48,50). The van der Waals surface area contributed by atoms with Crippen molar-refractivity contribution in [1.82, 2.24) is 20.6 Å². The Balaban J connectivity index is 1.94. The molecule has 338 valence electrons. The molecule has 0 saturated heterocycles. The highest BCUT2D eigenvalue weighted by Gasteiger charge is 2.34. The number of carbonyl (C=O) groups excluding carboxylic acids is 4. The first-order valence-corrected chi connectivity index (χ1v) is 20.6. The van der Waals surface area contributed by atoms with Gasteiger partial charge in [0, 0.05) is 56.6 Å². The Morgan fingerprint density at radius 2 is 0.935 bits per heavy atom. The molecule has 16 N–H and O–H groups in total. The number of guanidine groups is 2. The van der Waals surface area contributed by atoms with Crippen molar-refractivity contribution in [2.45, 2.75) is 60.7 Å². The fraction of sp³-hybridized carbons (Fsp3) is 0.389. The fourth-order valence-electron chi connectivity index (χ4n) is 5.26. The molecule has 4 amide bonds. The van der Waals surface area contributed by atoms with Crippen LogP contribution in [0.15, 0.2) is 46.5 Å². The van der Waals surface area contributed by atoms with E-state index in [2.05, 4.69) is 41.9 Å². The summed E-state index contributed by atoms with van der Waals surface area (Å²) in [5, 5.41) is 29.1. The van der Waals surface area contributed by atoms with Crippen LogP contribution in [0.5, 0.6) is 0 Å². The van der Waals surface area contributed by atoms with Crippen molar-refractivity contribution in [1.29, 1.82) is 10.8 Å². The van der Waals surface area contributed by atoms with Crippen LogP contribution < -0.4 is 54.8 Å². The molecule has 0 aliphatic rings. The first kappa shape index (κ1) is 50.5. The van der Waals surface area contributed by atoms with Gasteiger partial charge in [0.15, 0.2) is 11.9 Å². The number of nitrogens with zero attached hydrogens (tertiary/aromatic N) is 2. The van der Waals surface area contributed by atoms with Crippen LogP contribution in [0, 0.1) is 10.8 Å². The van der Waals surface area contributed by atoms with E-state index in [9.17, 15) is 45.5 Å². The number of anilines is 4. The second-order valence-corrected chi connectivity index (χ2v) is 15.2. The summed E-state index contributed by atoms with van der Waals surface area (Å²) in [4.78, 5) is 60.5. The topological polar surface area (TPSA) is 318 Å². The van der Waals surface area contributed by atoms with E-state index in [1.54, 1.807) is 0 Å². The maximum atomic E-state index is 14.1. The number of rotatable bonds is 22. The molecule has 0 unspecified atom stereocenters. The van der Waals surface area contributed by atoms with E-state index >= 15 is 0 Å². The Bertz CT molecular complexity index is 1950. The van der Waals surface area contributed by atoms with Crippen molar-refractivity contribution in [3.63, 3.8) is 0 Å². The number of benzene rings is 2. The Hall–Kier alpha value is -5.86. The quantitative estimate of drug-likeness (QED) is 0.0220. The van der Waals surface area contributed by atoms with E-state index in [1.165, 1.54) is 0 Å². The van der Waals surface area contributed by atoms with Gasteiger partial charge in [-0.1, -0.05) is 0 Å². The summed E-state index contributed by atoms with van der Waals surface area (Å²) in [5.74, 6) is -3.74. The predicted molar refractivity (Wildman–Crippen MR) is 225 cm³/mol. The van der Waals surface area contributed by atoms with E-state index in [0.717, 1.165) is 35.9 Å². The van der Waals surface area contributed by atoms with E-state index in [-0.39, 0.29) is 95.0 Å². The van der Waals surface area contributed by atoms with Gasteiger partial charge >= 0.3 is 12.4 Å². The highest BCUT2D eigenvalue weighted by Crippen LogP contribution is 2.43. The monoisotopic (exact) mass is 916 g/mol. The Kier molecular flexibility index (Phi) is 19.5. The highest BCUT2D eigenvalue weighted by atomic mass is 32.2. The van der Waals surface area contributed by atoms with Gasteiger partial charge in [-0.15, -0.1) is 23.5 Å². The molecule has 0 aliphatic heterocycles. The van der Waals surface area contributed by atoms with Gasteiger partial charge in [0.1, 0.15) is 17.7 Å². The van der Waals surface area contributed by atoms with E-state index < -0.39 is 58.5 Å². The molecule has 0 radical (unpaired) electrons. The molecular weight excluding hydrogens is 871 g/mol. The average Bonchev–Trinajstić information content (AvgIpc) is 3.18. The average molecular weight is 917 g/mol. The van der Waals surface area contributed by atoms with Crippen LogP contribution in [-0.4, -0.2) is 83.2 Å². The molecular formula is C36H46F6N14O4S2. The third kappa shape index (κ3) is 16.5. The molecule has 3 rings (SSSR count). The lowest BCUT2D eigenvalue weighted by Crippen LogP contribution is -2.31. The summed E-state index contributed by atoms with van der Waals surface area (Å²) in [5.41, 5.74) is 16.9. The number of hydrogen-bond acceptors (Lipinski definition) is 12. The van der Waals surface area contributed by atoms with Crippen molar-refractivity contribution in [2.75, 3.05) is 59.0 Å². The van der Waals surface area contributed by atoms with Crippen LogP contribution >= 0.6 is 23.5 Å². The molecule has 1 heterocycles. The van der Waals surface area contributed by atoms with Crippen LogP contribution in [0.2, 0.25) is 0 Å². The lowest BCUT2D eigenvalue weighted by atomic mass is 10.1. The number of halogens is 6. The zero-order valence-corrected chi connectivity index (χ0v) is 34.5. The van der Waals surface area contributed by atoms with Crippen LogP contribution in [0.3, 0.4) is 0 Å². The number of unbranched alkanes of at least 4 members (excludes halogenated alkanes) is 2. The number of aromatic nitrogens is 2. The summed E-state index contributed by atoms with van der Waals surface area (Å²) in [7, 11) is 0. The van der Waals surface area contributed by atoms with Gasteiger partial charge in [0.25, 0.3) is 11.8 Å². The van der Waals surface area contributed by atoms with E-state index in [0.29, 0.717) is 49.9 Å². The summed E-state index contributed by atoms with van der Waals surface area (Å²) < 4.78 is 84.7. The maximum absolute atomic E-state index is 14.1. The SMILES string of the molecule is N=C(N)NCCCCC(=O)Nc1cc(C(F)(F)F)cc(NC(=O)c2cc(C(=O)Nc3cc(C(F)(F)F)cc(NC(=O)CCCCNC(=N)N)c3SCCN)ncn2)c1SCCN. The molecule has 0 saturated carbocycles. The van der Waals surface area contributed by atoms with Crippen LogP contribution in [0.4, 0.5) is 49.1 Å². The third-order valence-corrected chi connectivity index (χ3v) is 10.4. The molecule has 2 aromatic carbocycles. The fourth-order valence-corrected chi connectivity index (χ4v) is 6.97. The molecule has 1 aromatic heterocycles. The molecule has 0 bridgehead atoms. The van der Waals surface area contributed by atoms with Gasteiger partial charge in [0.2, 0.25) is 11.8 Å². The number of nitrogens with one attached hydrogen (secondary N) is 8. The minimum Gasteiger partial charge on any atom is -0.370 e. The molecule has 0 fully saturated rings. The summed E-state index contributed by atoms with van der Waals surface area (Å²) >= 11 is 1.88. The zero-order chi connectivity index (χ0) is 46.0. The maximum Gasteiger partial charge on any atom is 0.416 e. The Morgan fingerprint density at radius 1 is 0.581 bits per heavy atom. The van der Waals surface area contributed by atoms with Crippen molar-refractivity contribution < 1.29 is 45.5 Å². The smallest absolute Gasteiger partial charge is 0.370 e. The number of amides is 4. The minimum absolute atomic E-state index is 0.0235. The molecule has 3 aromatic rings. The predicted octanol–water partition coefficient (Wildman–Crippen LogP) is 4.30. The second kappa shape index (κ2) is 24.0. The van der Waals surface area contributed by atoms with Crippen LogP contribution in [0.25, 0.3) is 0 Å². The van der Waals surface area contributed by atoms with Crippen LogP contribution in [0.1, 0.15) is 70.6 Å². The number of thioether (sulfide) groups is 2. The van der Waals surface area contributed by atoms with Crippen molar-refractivity contribution in [3.05, 3.63) is 59.2 Å². The number of alkyl halides is 6.